The van der Waals surface area contributed by atoms with Gasteiger partial charge in [-0.05, 0) is 51.2 Å². The lowest BCUT2D eigenvalue weighted by Crippen LogP contribution is -2.24. The van der Waals surface area contributed by atoms with E-state index in [0.717, 1.165) is 6.07 Å². The molecule has 3 N–H and O–H groups in total. The molecule has 7 nitrogen and oxygen atoms in total. The number of rotatable bonds is 3. The van der Waals surface area contributed by atoms with Crippen molar-refractivity contribution < 1.29 is 34.8 Å². The quantitative estimate of drug-likeness (QED) is 0.613. The molecule has 0 amide bonds. The number of sulfonamides is 1. The van der Waals surface area contributed by atoms with E-state index in [1.165, 1.54) is 32.4 Å². The molecule has 0 atom stereocenters. The molecule has 1 aromatic carbocycles. The number of anilines is 2. The first kappa shape index (κ1) is 26.6. The lowest BCUT2D eigenvalue weighted by molar-refractivity contribution is -0.138. The van der Waals surface area contributed by atoms with Crippen molar-refractivity contribution in [1.82, 2.24) is 15.1 Å². The maximum absolute atomic E-state index is 12.9. The molecule has 3 rings (SSSR count). The number of halogens is 6. The molecule has 0 aliphatic carbocycles. The largest absolute Gasteiger partial charge is 0.420 e. The van der Waals surface area contributed by atoms with Crippen LogP contribution in [0.1, 0.15) is 30.4 Å². The highest BCUT2D eigenvalue weighted by Crippen LogP contribution is 2.38. The Hall–Kier alpha value is -2.61. The average molecular weight is 499 g/mol. The summed E-state index contributed by atoms with van der Waals surface area (Å²) >= 11 is 0. The number of alkyl halides is 6. The van der Waals surface area contributed by atoms with E-state index in [0.29, 0.717) is 24.5 Å². The molecule has 2 heterocycles. The highest BCUT2D eigenvalue weighted by atomic mass is 32.2. The molecule has 1 aromatic heterocycles. The first-order valence-electron chi connectivity index (χ1n) is 9.66. The zero-order valence-electron chi connectivity index (χ0n) is 17.8. The SMILES string of the molecule is CN1CCCCC1.CS(=O)(=O)Nc1cc(C(F)(F)F)ccc1-c1cc(C(F)(F)F)c(N)nn1. The van der Waals surface area contributed by atoms with Gasteiger partial charge in [-0.1, -0.05) is 12.5 Å². The minimum Gasteiger partial charge on any atom is -0.382 e. The summed E-state index contributed by atoms with van der Waals surface area (Å²) in [5.74, 6) is -0.925. The Kier molecular flexibility index (Phi) is 8.17. The fourth-order valence-electron chi connectivity index (χ4n) is 3.04. The fraction of sp³-hybridized carbons (Fsp3) is 0.474. The molecule has 1 saturated heterocycles. The van der Waals surface area contributed by atoms with Crippen LogP contribution < -0.4 is 10.5 Å². The van der Waals surface area contributed by atoms with Gasteiger partial charge in [-0.3, -0.25) is 4.72 Å². The summed E-state index contributed by atoms with van der Waals surface area (Å²) in [5, 5.41) is 6.55. The van der Waals surface area contributed by atoms with Gasteiger partial charge < -0.3 is 10.6 Å². The zero-order chi connectivity index (χ0) is 25.0. The molecule has 0 bridgehead atoms. The molecule has 33 heavy (non-hydrogen) atoms. The molecule has 0 saturated carbocycles. The summed E-state index contributed by atoms with van der Waals surface area (Å²) in [7, 11) is -1.84. The van der Waals surface area contributed by atoms with Crippen molar-refractivity contribution in [1.29, 1.82) is 0 Å². The Morgan fingerprint density at radius 3 is 2.03 bits per heavy atom. The van der Waals surface area contributed by atoms with Gasteiger partial charge >= 0.3 is 12.4 Å². The number of hydrogen-bond donors (Lipinski definition) is 2. The predicted octanol–water partition coefficient (Wildman–Crippen LogP) is 4.24. The maximum Gasteiger partial charge on any atom is 0.420 e. The summed E-state index contributed by atoms with van der Waals surface area (Å²) in [5.41, 5.74) is 1.12. The van der Waals surface area contributed by atoms with Crippen LogP contribution in [0.5, 0.6) is 0 Å². The Morgan fingerprint density at radius 2 is 1.58 bits per heavy atom. The summed E-state index contributed by atoms with van der Waals surface area (Å²) in [6.07, 6.45) is -4.73. The van der Waals surface area contributed by atoms with Crippen molar-refractivity contribution in [3.8, 4) is 11.3 Å². The van der Waals surface area contributed by atoms with Crippen LogP contribution in [0.2, 0.25) is 0 Å². The first-order chi connectivity index (χ1) is 15.1. The van der Waals surface area contributed by atoms with Gasteiger partial charge in [0, 0.05) is 5.56 Å². The normalized spacial score (nSPS) is 15.5. The highest BCUT2D eigenvalue weighted by Gasteiger charge is 2.35. The second-order valence-electron chi connectivity index (χ2n) is 7.52. The van der Waals surface area contributed by atoms with Gasteiger partial charge in [-0.2, -0.15) is 26.3 Å². The molecule has 14 heteroatoms. The number of nitrogens with two attached hydrogens (primary N) is 1. The maximum atomic E-state index is 12.9. The molecule has 0 radical (unpaired) electrons. The van der Waals surface area contributed by atoms with Crippen LogP contribution in [-0.4, -0.2) is 49.9 Å². The smallest absolute Gasteiger partial charge is 0.382 e. The highest BCUT2D eigenvalue weighted by molar-refractivity contribution is 7.92. The van der Waals surface area contributed by atoms with Crippen molar-refractivity contribution >= 4 is 21.5 Å². The van der Waals surface area contributed by atoms with E-state index < -0.39 is 50.7 Å². The van der Waals surface area contributed by atoms with Crippen LogP contribution in [-0.2, 0) is 22.4 Å². The summed E-state index contributed by atoms with van der Waals surface area (Å²) in [6.45, 7) is 2.64. The number of nitrogens with one attached hydrogen (secondary N) is 1. The Labute approximate surface area is 187 Å². The second kappa shape index (κ2) is 10.1. The van der Waals surface area contributed by atoms with Crippen LogP contribution in [0, 0.1) is 0 Å². The first-order valence-corrected chi connectivity index (χ1v) is 11.6. The lowest BCUT2D eigenvalue weighted by Gasteiger charge is -2.20. The van der Waals surface area contributed by atoms with Crippen LogP contribution >= 0.6 is 0 Å². The standard InChI is InChI=1S/C13H10F6N4O2S.C6H13N/c1-26(24,25)23-10-4-6(12(14,15)16)2-3-7(10)9-5-8(13(17,18)19)11(20)22-21-9;1-7-5-3-2-4-6-7/h2-5,23H,1H3,(H2,20,22);2-6H2,1H3. The van der Waals surface area contributed by atoms with E-state index in [4.69, 9.17) is 5.73 Å². The van der Waals surface area contributed by atoms with Gasteiger partial charge in [0.25, 0.3) is 0 Å². The molecular weight excluding hydrogens is 476 g/mol. The van der Waals surface area contributed by atoms with Crippen molar-refractivity contribution in [3.63, 3.8) is 0 Å². The molecule has 184 valence electrons. The van der Waals surface area contributed by atoms with E-state index in [2.05, 4.69) is 22.1 Å². The number of likely N-dealkylation sites (tertiary alicyclic amines) is 1. The van der Waals surface area contributed by atoms with Crippen molar-refractivity contribution in [2.75, 3.05) is 36.8 Å². The molecule has 1 aliphatic heterocycles. The number of nitrogens with zero attached hydrogens (tertiary/aromatic N) is 3. The van der Waals surface area contributed by atoms with Gasteiger partial charge in [0.2, 0.25) is 10.0 Å². The number of aromatic nitrogens is 2. The van der Waals surface area contributed by atoms with E-state index in [9.17, 15) is 34.8 Å². The van der Waals surface area contributed by atoms with Gasteiger partial charge in [-0.15, -0.1) is 10.2 Å². The third kappa shape index (κ3) is 8.03. The summed E-state index contributed by atoms with van der Waals surface area (Å²) in [6, 6.07) is 2.28. The van der Waals surface area contributed by atoms with Gasteiger partial charge in [-0.25, -0.2) is 8.42 Å². The monoisotopic (exact) mass is 499 g/mol. The molecule has 0 unspecified atom stereocenters. The molecule has 2 aromatic rings. The number of hydrogen-bond acceptors (Lipinski definition) is 6. The minimum atomic E-state index is -4.88. The predicted molar refractivity (Wildman–Crippen MR) is 112 cm³/mol. The fourth-order valence-corrected chi connectivity index (χ4v) is 3.61. The molecular formula is C19H23F6N5O2S. The Balaban J connectivity index is 0.000000468. The molecule has 1 fully saturated rings. The van der Waals surface area contributed by atoms with Gasteiger partial charge in [0.05, 0.1) is 23.2 Å². The van der Waals surface area contributed by atoms with Gasteiger partial charge in [0.15, 0.2) is 5.82 Å². The minimum absolute atomic E-state index is 0.332. The van der Waals surface area contributed by atoms with Crippen LogP contribution in [0.4, 0.5) is 37.8 Å². The molecule has 0 spiro atoms. The number of nitrogen functional groups attached to an aromatic ring is 1. The van der Waals surface area contributed by atoms with Crippen molar-refractivity contribution in [2.24, 2.45) is 0 Å². The van der Waals surface area contributed by atoms with E-state index >= 15 is 0 Å². The Bertz CT molecular complexity index is 1070. The third-order valence-corrected chi connectivity index (χ3v) is 5.22. The van der Waals surface area contributed by atoms with Gasteiger partial charge in [0.1, 0.15) is 5.56 Å². The topological polar surface area (TPSA) is 101 Å². The van der Waals surface area contributed by atoms with Crippen LogP contribution in [0.15, 0.2) is 24.3 Å². The number of piperidine rings is 1. The lowest BCUT2D eigenvalue weighted by atomic mass is 10.0. The third-order valence-electron chi connectivity index (χ3n) is 4.63. The van der Waals surface area contributed by atoms with Crippen molar-refractivity contribution in [2.45, 2.75) is 31.6 Å². The summed E-state index contributed by atoms with van der Waals surface area (Å²) < 4.78 is 102. The number of benzene rings is 1. The summed E-state index contributed by atoms with van der Waals surface area (Å²) in [4.78, 5) is 2.39. The van der Waals surface area contributed by atoms with E-state index in [1.54, 1.807) is 0 Å². The van der Waals surface area contributed by atoms with E-state index in [-0.39, 0.29) is 5.56 Å². The molecule has 1 aliphatic rings. The Morgan fingerprint density at radius 1 is 0.970 bits per heavy atom. The second-order valence-corrected chi connectivity index (χ2v) is 9.27. The average Bonchev–Trinajstić information content (AvgIpc) is 2.67. The van der Waals surface area contributed by atoms with Crippen molar-refractivity contribution in [3.05, 3.63) is 35.4 Å². The van der Waals surface area contributed by atoms with Crippen LogP contribution in [0.3, 0.4) is 0 Å². The zero-order valence-corrected chi connectivity index (χ0v) is 18.6. The van der Waals surface area contributed by atoms with Crippen LogP contribution in [0.25, 0.3) is 11.3 Å². The van der Waals surface area contributed by atoms with E-state index in [1.807, 2.05) is 4.72 Å².